The molecule has 8 heteroatoms. The highest BCUT2D eigenvalue weighted by atomic mass is 35.5. The van der Waals surface area contributed by atoms with E-state index >= 15 is 0 Å². The molecule has 0 bridgehead atoms. The zero-order valence-electron chi connectivity index (χ0n) is 10.4. The molecule has 0 aliphatic heterocycles. The molecule has 3 rings (SSSR count). The van der Waals surface area contributed by atoms with Gasteiger partial charge < -0.3 is 4.98 Å². The molecule has 21 heavy (non-hydrogen) atoms. The van der Waals surface area contributed by atoms with Crippen LogP contribution < -0.4 is 0 Å². The van der Waals surface area contributed by atoms with Gasteiger partial charge in [0.25, 0.3) is 0 Å². The quantitative estimate of drug-likeness (QED) is 0.779. The lowest BCUT2D eigenvalue weighted by atomic mass is 10.3. The molecule has 0 radical (unpaired) electrons. The number of aromatic nitrogens is 4. The normalized spacial score (nSPS) is 11.8. The monoisotopic (exact) mass is 312 g/mol. The highest BCUT2D eigenvalue weighted by Gasteiger charge is 2.33. The molecular formula is C13H8ClF3N4. The lowest BCUT2D eigenvalue weighted by Gasteiger charge is -2.00. The maximum absolute atomic E-state index is 12.5. The predicted octanol–water partition coefficient (Wildman–Crippen LogP) is 3.93. The van der Waals surface area contributed by atoms with Crippen LogP contribution >= 0.6 is 11.6 Å². The number of H-pyrrole nitrogens is 1. The molecule has 0 fully saturated rings. The van der Waals surface area contributed by atoms with Gasteiger partial charge in [-0.3, -0.25) is 0 Å². The van der Waals surface area contributed by atoms with Crippen molar-refractivity contribution in [3.63, 3.8) is 0 Å². The van der Waals surface area contributed by atoms with Gasteiger partial charge in [-0.15, -0.1) is 0 Å². The van der Waals surface area contributed by atoms with Crippen molar-refractivity contribution in [3.05, 3.63) is 53.6 Å². The highest BCUT2D eigenvalue weighted by Crippen LogP contribution is 2.29. The van der Waals surface area contributed by atoms with Crippen molar-refractivity contribution < 1.29 is 13.2 Å². The van der Waals surface area contributed by atoms with E-state index in [1.165, 1.54) is 10.9 Å². The molecule has 1 aromatic carbocycles. The molecule has 3 aromatic rings. The summed E-state index contributed by atoms with van der Waals surface area (Å²) in [5.74, 6) is 0.113. The molecule has 2 aromatic heterocycles. The minimum absolute atomic E-state index is 0.113. The zero-order chi connectivity index (χ0) is 15.0. The second-order valence-corrected chi connectivity index (χ2v) is 4.72. The Balaban J connectivity index is 1.91. The Morgan fingerprint density at radius 3 is 2.48 bits per heavy atom. The molecule has 0 amide bonds. The third kappa shape index (κ3) is 2.78. The molecule has 0 unspecified atom stereocenters. The first kappa shape index (κ1) is 13.7. The number of nitrogens with zero attached hydrogens (tertiary/aromatic N) is 3. The average molecular weight is 313 g/mol. The van der Waals surface area contributed by atoms with Crippen LogP contribution in [0.5, 0.6) is 0 Å². The first-order valence-corrected chi connectivity index (χ1v) is 6.25. The number of alkyl halides is 3. The maximum atomic E-state index is 12.5. The van der Waals surface area contributed by atoms with Gasteiger partial charge in [-0.05, 0) is 24.3 Å². The van der Waals surface area contributed by atoms with E-state index in [0.29, 0.717) is 10.6 Å². The summed E-state index contributed by atoms with van der Waals surface area (Å²) < 4.78 is 39.1. The van der Waals surface area contributed by atoms with E-state index < -0.39 is 11.9 Å². The zero-order valence-corrected chi connectivity index (χ0v) is 11.2. The van der Waals surface area contributed by atoms with Gasteiger partial charge in [-0.25, -0.2) is 9.67 Å². The Morgan fingerprint density at radius 1 is 1.14 bits per heavy atom. The number of aromatic amines is 1. The van der Waals surface area contributed by atoms with Crippen LogP contribution in [0.25, 0.3) is 17.1 Å². The molecule has 4 nitrogen and oxygen atoms in total. The largest absolute Gasteiger partial charge is 0.434 e. The van der Waals surface area contributed by atoms with Gasteiger partial charge in [-0.2, -0.15) is 18.3 Å². The fourth-order valence-electron chi connectivity index (χ4n) is 1.79. The first-order valence-electron chi connectivity index (χ1n) is 5.87. The molecule has 1 N–H and O–H groups in total. The molecule has 0 atom stereocenters. The number of nitrogens with one attached hydrogen (secondary N) is 1. The van der Waals surface area contributed by atoms with Crippen LogP contribution in [0.3, 0.4) is 0 Å². The van der Waals surface area contributed by atoms with Crippen molar-refractivity contribution in [2.45, 2.75) is 6.18 Å². The van der Waals surface area contributed by atoms with E-state index in [9.17, 15) is 13.2 Å². The number of halogens is 4. The second-order valence-electron chi connectivity index (χ2n) is 4.28. The van der Waals surface area contributed by atoms with E-state index in [1.807, 2.05) is 0 Å². The summed E-state index contributed by atoms with van der Waals surface area (Å²) in [4.78, 5) is 6.01. The summed E-state index contributed by atoms with van der Waals surface area (Å²) in [6, 6.07) is 6.91. The van der Waals surface area contributed by atoms with E-state index in [1.54, 1.807) is 30.5 Å². The maximum Gasteiger partial charge on any atom is 0.434 e. The molecule has 0 aliphatic carbocycles. The predicted molar refractivity (Wildman–Crippen MR) is 71.2 cm³/mol. The Hall–Kier alpha value is -2.28. The number of benzene rings is 1. The Labute approximate surface area is 122 Å². The van der Waals surface area contributed by atoms with Crippen molar-refractivity contribution >= 4 is 11.6 Å². The van der Waals surface area contributed by atoms with Crippen LogP contribution in [0.4, 0.5) is 13.2 Å². The van der Waals surface area contributed by atoms with Crippen LogP contribution in [0.2, 0.25) is 5.02 Å². The van der Waals surface area contributed by atoms with Crippen LogP contribution in [0, 0.1) is 0 Å². The van der Waals surface area contributed by atoms with Crippen molar-refractivity contribution in [2.24, 2.45) is 0 Å². The summed E-state index contributed by atoms with van der Waals surface area (Å²) in [6.07, 6.45) is -0.619. The van der Waals surface area contributed by atoms with Crippen LogP contribution in [0.1, 0.15) is 5.69 Å². The van der Waals surface area contributed by atoms with Gasteiger partial charge in [0.05, 0.1) is 17.4 Å². The van der Waals surface area contributed by atoms with Gasteiger partial charge in [0.2, 0.25) is 0 Å². The van der Waals surface area contributed by atoms with Crippen LogP contribution in [-0.4, -0.2) is 19.7 Å². The minimum Gasteiger partial charge on any atom is -0.344 e. The third-order valence-corrected chi connectivity index (χ3v) is 3.07. The van der Waals surface area contributed by atoms with Crippen molar-refractivity contribution in [1.82, 2.24) is 19.7 Å². The Kier molecular flexibility index (Phi) is 3.21. The van der Waals surface area contributed by atoms with E-state index in [0.717, 1.165) is 11.9 Å². The van der Waals surface area contributed by atoms with Crippen molar-refractivity contribution in [3.8, 4) is 17.1 Å². The smallest absolute Gasteiger partial charge is 0.344 e. The molecule has 0 aliphatic rings. The minimum atomic E-state index is -4.47. The molecule has 0 spiro atoms. The number of rotatable bonds is 2. The summed E-state index contributed by atoms with van der Waals surface area (Å²) in [5, 5.41) is 4.69. The molecule has 108 valence electrons. The summed E-state index contributed by atoms with van der Waals surface area (Å²) in [6.45, 7) is 0. The van der Waals surface area contributed by atoms with Gasteiger partial charge in [0.15, 0.2) is 5.69 Å². The van der Waals surface area contributed by atoms with E-state index in [2.05, 4.69) is 15.1 Å². The van der Waals surface area contributed by atoms with Gasteiger partial charge in [0.1, 0.15) is 5.82 Å². The lowest BCUT2D eigenvalue weighted by molar-refractivity contribution is -0.140. The Bertz CT molecular complexity index is 758. The van der Waals surface area contributed by atoms with Crippen molar-refractivity contribution in [1.29, 1.82) is 0 Å². The molecule has 0 saturated carbocycles. The van der Waals surface area contributed by atoms with Crippen molar-refractivity contribution in [2.75, 3.05) is 0 Å². The first-order chi connectivity index (χ1) is 9.93. The summed E-state index contributed by atoms with van der Waals surface area (Å²) >= 11 is 5.79. The fraction of sp³-hybridized carbons (Fsp3) is 0.0769. The number of hydrogen-bond acceptors (Lipinski definition) is 2. The lowest BCUT2D eigenvalue weighted by Crippen LogP contribution is -2.04. The summed E-state index contributed by atoms with van der Waals surface area (Å²) in [7, 11) is 0. The standard InChI is InChI=1S/C13H8ClF3N4/c14-9-1-3-10(4-2-9)21-7-8(5-19-21)12-18-6-11(20-12)13(15,16)17/h1-7H,(H,18,20). The SMILES string of the molecule is FC(F)(F)c1c[nH]c(-c2cnn(-c3ccc(Cl)cc3)c2)n1. The van der Waals surface area contributed by atoms with Crippen LogP contribution in [0.15, 0.2) is 42.9 Å². The van der Waals surface area contributed by atoms with Gasteiger partial charge >= 0.3 is 6.18 Å². The topological polar surface area (TPSA) is 46.5 Å². The number of imidazole rings is 1. The van der Waals surface area contributed by atoms with Gasteiger partial charge in [0, 0.05) is 17.4 Å². The summed E-state index contributed by atoms with van der Waals surface area (Å²) in [5.41, 5.74) is 0.241. The van der Waals surface area contributed by atoms with E-state index in [4.69, 9.17) is 11.6 Å². The highest BCUT2D eigenvalue weighted by molar-refractivity contribution is 6.30. The van der Waals surface area contributed by atoms with Crippen LogP contribution in [-0.2, 0) is 6.18 Å². The third-order valence-electron chi connectivity index (χ3n) is 2.82. The molecule has 0 saturated heterocycles. The second kappa shape index (κ2) is 4.92. The molecule has 2 heterocycles. The van der Waals surface area contributed by atoms with Gasteiger partial charge in [-0.1, -0.05) is 11.6 Å². The van der Waals surface area contributed by atoms with E-state index in [-0.39, 0.29) is 5.82 Å². The average Bonchev–Trinajstić information content (AvgIpc) is 3.07. The number of hydrogen-bond donors (Lipinski definition) is 1. The molecular weight excluding hydrogens is 305 g/mol. The fourth-order valence-corrected chi connectivity index (χ4v) is 1.92. The Morgan fingerprint density at radius 2 is 1.86 bits per heavy atom.